The monoisotopic (exact) mass is 435 g/mol. The average Bonchev–Trinajstić information content (AvgIpc) is 3.43. The fraction of sp³-hybridized carbons (Fsp3) is 0.174. The number of nitrogens with zero attached hydrogens (tertiary/aromatic N) is 2. The highest BCUT2D eigenvalue weighted by molar-refractivity contribution is 7.22. The molecule has 0 aliphatic carbocycles. The quantitative estimate of drug-likeness (QED) is 0.443. The highest BCUT2D eigenvalue weighted by Gasteiger charge is 2.21. The Bertz CT molecular complexity index is 1150. The number of nitrogens with one attached hydrogen (secondary N) is 1. The molecule has 5 nitrogen and oxygen atoms in total. The largest absolute Gasteiger partial charge is 0.351 e. The van der Waals surface area contributed by atoms with Gasteiger partial charge in [-0.25, -0.2) is 4.98 Å². The molecule has 2 amide bonds. The lowest BCUT2D eigenvalue weighted by molar-refractivity contribution is -0.118. The number of carbonyl (C=O) groups is 2. The molecule has 0 aliphatic heterocycles. The zero-order chi connectivity index (χ0) is 20.9. The van der Waals surface area contributed by atoms with Crippen LogP contribution in [0.2, 0.25) is 0 Å². The van der Waals surface area contributed by atoms with Crippen LogP contribution < -0.4 is 10.2 Å². The van der Waals surface area contributed by atoms with Gasteiger partial charge in [-0.3, -0.25) is 14.5 Å². The van der Waals surface area contributed by atoms with E-state index in [1.165, 1.54) is 22.7 Å². The SMILES string of the molecule is Cc1cccc2sc(N(Cc3ccccc3)C(=O)CCNC(=O)c3ccsc3)nc12. The zero-order valence-corrected chi connectivity index (χ0v) is 18.1. The van der Waals surface area contributed by atoms with Gasteiger partial charge in [0, 0.05) is 23.9 Å². The van der Waals surface area contributed by atoms with Gasteiger partial charge in [-0.2, -0.15) is 11.3 Å². The number of hydrogen-bond acceptors (Lipinski definition) is 5. The van der Waals surface area contributed by atoms with Gasteiger partial charge in [0.2, 0.25) is 5.91 Å². The van der Waals surface area contributed by atoms with Crippen molar-refractivity contribution in [1.82, 2.24) is 10.3 Å². The minimum Gasteiger partial charge on any atom is -0.351 e. The summed E-state index contributed by atoms with van der Waals surface area (Å²) in [5.74, 6) is -0.226. The van der Waals surface area contributed by atoms with Crippen LogP contribution in [-0.2, 0) is 11.3 Å². The summed E-state index contributed by atoms with van der Waals surface area (Å²) in [6.07, 6.45) is 0.206. The van der Waals surface area contributed by atoms with E-state index in [9.17, 15) is 9.59 Å². The first-order valence-corrected chi connectivity index (χ1v) is 11.4. The molecule has 0 saturated carbocycles. The van der Waals surface area contributed by atoms with Gasteiger partial charge in [0.25, 0.3) is 5.91 Å². The summed E-state index contributed by atoms with van der Waals surface area (Å²) >= 11 is 2.98. The van der Waals surface area contributed by atoms with Crippen LogP contribution in [0.25, 0.3) is 10.2 Å². The van der Waals surface area contributed by atoms with E-state index >= 15 is 0 Å². The molecule has 0 atom stereocenters. The normalized spacial score (nSPS) is 10.8. The molecule has 4 rings (SSSR count). The van der Waals surface area contributed by atoms with Crippen molar-refractivity contribution >= 4 is 49.8 Å². The Morgan fingerprint density at radius 3 is 2.63 bits per heavy atom. The highest BCUT2D eigenvalue weighted by atomic mass is 32.1. The number of benzene rings is 2. The molecule has 2 aromatic heterocycles. The smallest absolute Gasteiger partial charge is 0.252 e. The van der Waals surface area contributed by atoms with Crippen LogP contribution in [-0.4, -0.2) is 23.3 Å². The predicted molar refractivity (Wildman–Crippen MR) is 123 cm³/mol. The molecular formula is C23H21N3O2S2. The number of aromatic nitrogens is 1. The third-order valence-electron chi connectivity index (χ3n) is 4.73. The number of fused-ring (bicyclic) bond motifs is 1. The number of carbonyl (C=O) groups excluding carboxylic acids is 2. The maximum absolute atomic E-state index is 13.1. The summed E-state index contributed by atoms with van der Waals surface area (Å²) in [4.78, 5) is 31.7. The van der Waals surface area contributed by atoms with E-state index < -0.39 is 0 Å². The molecule has 0 spiro atoms. The first-order valence-electron chi connectivity index (χ1n) is 9.62. The van der Waals surface area contributed by atoms with Crippen molar-refractivity contribution in [2.45, 2.75) is 19.9 Å². The molecule has 2 heterocycles. The lowest BCUT2D eigenvalue weighted by Crippen LogP contribution is -2.34. The van der Waals surface area contributed by atoms with Crippen molar-refractivity contribution in [3.63, 3.8) is 0 Å². The Labute approximate surface area is 183 Å². The molecule has 0 radical (unpaired) electrons. The Morgan fingerprint density at radius 1 is 1.07 bits per heavy atom. The van der Waals surface area contributed by atoms with Gasteiger partial charge in [0.1, 0.15) is 0 Å². The van der Waals surface area contributed by atoms with Crippen LogP contribution in [0.3, 0.4) is 0 Å². The van der Waals surface area contributed by atoms with Crippen LogP contribution in [0.15, 0.2) is 65.4 Å². The Hall–Kier alpha value is -3.03. The van der Waals surface area contributed by atoms with E-state index in [-0.39, 0.29) is 24.8 Å². The predicted octanol–water partition coefficient (Wildman–Crippen LogP) is 5.02. The van der Waals surface area contributed by atoms with Crippen molar-refractivity contribution in [2.75, 3.05) is 11.4 Å². The molecule has 0 fully saturated rings. The maximum Gasteiger partial charge on any atom is 0.252 e. The van der Waals surface area contributed by atoms with Gasteiger partial charge in [-0.15, -0.1) is 0 Å². The van der Waals surface area contributed by atoms with E-state index in [1.54, 1.807) is 16.3 Å². The molecule has 0 saturated heterocycles. The second-order valence-corrected chi connectivity index (χ2v) is 8.69. The number of rotatable bonds is 7. The van der Waals surface area contributed by atoms with Crippen molar-refractivity contribution in [3.05, 3.63) is 82.0 Å². The van der Waals surface area contributed by atoms with Gasteiger partial charge in [0.05, 0.1) is 16.8 Å². The Morgan fingerprint density at radius 2 is 1.90 bits per heavy atom. The van der Waals surface area contributed by atoms with E-state index in [1.807, 2.05) is 60.8 Å². The second kappa shape index (κ2) is 9.19. The standard InChI is InChI=1S/C23H21N3O2S2/c1-16-6-5-9-19-21(16)25-23(30-19)26(14-17-7-3-2-4-8-17)20(27)10-12-24-22(28)18-11-13-29-15-18/h2-9,11,13,15H,10,12,14H2,1H3,(H,24,28). The molecule has 30 heavy (non-hydrogen) atoms. The van der Waals surface area contributed by atoms with Gasteiger partial charge >= 0.3 is 0 Å². The zero-order valence-electron chi connectivity index (χ0n) is 16.5. The summed E-state index contributed by atoms with van der Waals surface area (Å²) in [5, 5.41) is 7.16. The van der Waals surface area contributed by atoms with Crippen LogP contribution in [0, 0.1) is 6.92 Å². The second-order valence-electron chi connectivity index (χ2n) is 6.90. The third-order valence-corrected chi connectivity index (χ3v) is 6.46. The molecule has 1 N–H and O–H groups in total. The van der Waals surface area contributed by atoms with E-state index in [4.69, 9.17) is 4.98 Å². The lowest BCUT2D eigenvalue weighted by atomic mass is 10.2. The van der Waals surface area contributed by atoms with Crippen molar-refractivity contribution in [3.8, 4) is 0 Å². The molecule has 0 bridgehead atoms. The molecular weight excluding hydrogens is 414 g/mol. The first kappa shape index (κ1) is 20.3. The average molecular weight is 436 g/mol. The maximum atomic E-state index is 13.1. The van der Waals surface area contributed by atoms with Crippen LogP contribution >= 0.6 is 22.7 Å². The summed E-state index contributed by atoms with van der Waals surface area (Å²) in [5.41, 5.74) is 3.67. The minimum atomic E-state index is -0.158. The molecule has 7 heteroatoms. The van der Waals surface area contributed by atoms with Gasteiger partial charge in [-0.1, -0.05) is 53.8 Å². The lowest BCUT2D eigenvalue weighted by Gasteiger charge is -2.20. The molecule has 2 aromatic carbocycles. The number of anilines is 1. The molecule has 0 unspecified atom stereocenters. The number of thiophene rings is 1. The number of aryl methyl sites for hydroxylation is 1. The summed E-state index contributed by atoms with van der Waals surface area (Å²) in [7, 11) is 0. The van der Waals surface area contributed by atoms with Gasteiger partial charge < -0.3 is 5.32 Å². The Kier molecular flexibility index (Phi) is 6.21. The van der Waals surface area contributed by atoms with Crippen molar-refractivity contribution < 1.29 is 9.59 Å². The third kappa shape index (κ3) is 4.58. The fourth-order valence-corrected chi connectivity index (χ4v) is 4.83. The van der Waals surface area contributed by atoms with Crippen LogP contribution in [0.5, 0.6) is 0 Å². The number of thiazole rings is 1. The van der Waals surface area contributed by atoms with Gasteiger partial charge in [-0.05, 0) is 35.6 Å². The molecule has 0 aliphatic rings. The van der Waals surface area contributed by atoms with E-state index in [0.717, 1.165) is 21.3 Å². The minimum absolute atomic E-state index is 0.0684. The van der Waals surface area contributed by atoms with Crippen molar-refractivity contribution in [1.29, 1.82) is 0 Å². The number of para-hydroxylation sites is 1. The summed E-state index contributed by atoms with van der Waals surface area (Å²) in [6, 6.07) is 17.7. The van der Waals surface area contributed by atoms with Crippen molar-refractivity contribution in [2.24, 2.45) is 0 Å². The fourth-order valence-electron chi connectivity index (χ4n) is 3.13. The van der Waals surface area contributed by atoms with E-state index in [0.29, 0.717) is 17.2 Å². The first-order chi connectivity index (χ1) is 14.6. The topological polar surface area (TPSA) is 62.3 Å². The molecule has 152 valence electrons. The van der Waals surface area contributed by atoms with E-state index in [2.05, 4.69) is 5.32 Å². The molecule has 4 aromatic rings. The number of hydrogen-bond donors (Lipinski definition) is 1. The highest BCUT2D eigenvalue weighted by Crippen LogP contribution is 2.31. The Balaban J connectivity index is 1.52. The number of amides is 2. The van der Waals surface area contributed by atoms with Crippen LogP contribution in [0.4, 0.5) is 5.13 Å². The summed E-state index contributed by atoms with van der Waals surface area (Å²) < 4.78 is 1.06. The van der Waals surface area contributed by atoms with Gasteiger partial charge in [0.15, 0.2) is 5.13 Å². The van der Waals surface area contributed by atoms with Crippen LogP contribution in [0.1, 0.15) is 27.9 Å². The summed E-state index contributed by atoms with van der Waals surface area (Å²) in [6.45, 7) is 2.74.